The maximum absolute atomic E-state index is 12.7. The zero-order chi connectivity index (χ0) is 43.7. The van der Waals surface area contributed by atoms with Crippen LogP contribution in [0, 0.1) is 12.8 Å². The van der Waals surface area contributed by atoms with E-state index in [1.54, 1.807) is 0 Å². The highest BCUT2D eigenvalue weighted by Gasteiger charge is 2.29. The van der Waals surface area contributed by atoms with Crippen LogP contribution in [-0.2, 0) is 21.5 Å². The van der Waals surface area contributed by atoms with E-state index < -0.39 is 0 Å². The third kappa shape index (κ3) is 9.36. The molecule has 3 aliphatic heterocycles. The Morgan fingerprint density at radius 3 is 2.22 bits per heavy atom. The molecule has 3 aliphatic rings. The van der Waals surface area contributed by atoms with Crippen LogP contribution in [-0.4, -0.2) is 93.8 Å². The predicted octanol–water partition coefficient (Wildman–Crippen LogP) is 7.16. The Hall–Kier alpha value is -6.41. The van der Waals surface area contributed by atoms with E-state index in [9.17, 15) is 14.4 Å². The number of piperazine rings is 1. The molecule has 326 valence electrons. The van der Waals surface area contributed by atoms with Crippen molar-refractivity contribution >= 4 is 40.1 Å². The number of carbonyl (C=O) groups excluding carboxylic acids is 3. The Balaban J connectivity index is 0.741. The average molecular weight is 849 g/mol. The Kier molecular flexibility index (Phi) is 11.8. The number of anilines is 2. The van der Waals surface area contributed by atoms with Crippen molar-refractivity contribution in [1.29, 1.82) is 0 Å². The lowest BCUT2D eigenvalue weighted by atomic mass is 9.90. The van der Waals surface area contributed by atoms with Gasteiger partial charge in [0.25, 0.3) is 11.7 Å². The number of fused-ring (bicyclic) bond motifs is 1. The van der Waals surface area contributed by atoms with Crippen molar-refractivity contribution in [2.24, 2.45) is 5.92 Å². The van der Waals surface area contributed by atoms with Crippen LogP contribution in [0.25, 0.3) is 33.4 Å². The smallest absolute Gasteiger partial charge is 0.292 e. The molecule has 3 aromatic heterocycles. The third-order valence-corrected chi connectivity index (χ3v) is 13.1. The topological polar surface area (TPSA) is 165 Å². The number of aryl methyl sites for hydroxylation is 1. The second-order valence-corrected chi connectivity index (χ2v) is 18.4. The maximum atomic E-state index is 12.7. The van der Waals surface area contributed by atoms with Crippen LogP contribution in [0.15, 0.2) is 83.5 Å². The van der Waals surface area contributed by atoms with Gasteiger partial charge in [-0.1, -0.05) is 62.3 Å². The van der Waals surface area contributed by atoms with Gasteiger partial charge in [0.2, 0.25) is 17.7 Å². The molecule has 3 N–H and O–H groups in total. The minimum absolute atomic E-state index is 0.0291. The molecule has 14 heteroatoms. The number of aromatic nitrogens is 5. The molecule has 0 bridgehead atoms. The minimum Gasteiger partial charge on any atom is -0.372 e. The molecule has 63 heavy (non-hydrogen) atoms. The van der Waals surface area contributed by atoms with Gasteiger partial charge >= 0.3 is 0 Å². The summed E-state index contributed by atoms with van der Waals surface area (Å²) in [4.78, 5) is 53.2. The van der Waals surface area contributed by atoms with Crippen molar-refractivity contribution in [3.8, 4) is 22.4 Å². The standard InChI is InChI=1S/C49H56N10O4/c1-31-27-35(5-6-36(31)29-51-47(62)45-53-48(63-56-45)49(2,3)4)43-41-28-37(30-50-44(41)55-54-43)33-7-11-39(12-8-33)59-25-23-57(24-26-59)20-17-32-18-21-58(22-19-32)38-13-9-34(10-14-38)40-15-16-42(60)52-46(40)61/h5-14,27-28,30,32,40H,15-26,29H2,1-4H3,(H,51,62)(H,50,54,55)(H,52,60,61). The molecule has 3 fully saturated rings. The molecule has 0 radical (unpaired) electrons. The van der Waals surface area contributed by atoms with E-state index in [4.69, 9.17) is 9.51 Å². The predicted molar refractivity (Wildman–Crippen MR) is 243 cm³/mol. The summed E-state index contributed by atoms with van der Waals surface area (Å²) in [7, 11) is 0. The van der Waals surface area contributed by atoms with Gasteiger partial charge in [-0.15, -0.1) is 0 Å². The van der Waals surface area contributed by atoms with Crippen LogP contribution in [0.3, 0.4) is 0 Å². The molecular weight excluding hydrogens is 793 g/mol. The lowest BCUT2D eigenvalue weighted by Gasteiger charge is -2.38. The van der Waals surface area contributed by atoms with Crippen molar-refractivity contribution in [2.75, 3.05) is 55.6 Å². The number of hydrogen-bond acceptors (Lipinski definition) is 11. The first-order valence-electron chi connectivity index (χ1n) is 22.3. The van der Waals surface area contributed by atoms with E-state index in [1.165, 1.54) is 30.6 Å². The third-order valence-electron chi connectivity index (χ3n) is 13.1. The van der Waals surface area contributed by atoms with Gasteiger partial charge in [0, 0.05) is 91.7 Å². The SMILES string of the molecule is Cc1cc(-c2[nH]nc3ncc(-c4ccc(N5CCN(CCC6CCN(c7ccc(C8CCC(=O)NC8=O)cc7)CC6)CC5)cc4)cc23)ccc1CNC(=O)c1noc(C(C)(C)C)n1. The first kappa shape index (κ1) is 41.9. The van der Waals surface area contributed by atoms with Crippen molar-refractivity contribution in [3.63, 3.8) is 0 Å². The zero-order valence-corrected chi connectivity index (χ0v) is 36.6. The number of hydrogen-bond donors (Lipinski definition) is 3. The van der Waals surface area contributed by atoms with E-state index in [1.807, 2.05) is 46.0 Å². The molecule has 1 atom stereocenters. The van der Waals surface area contributed by atoms with Gasteiger partial charge in [0.1, 0.15) is 0 Å². The van der Waals surface area contributed by atoms with Gasteiger partial charge in [-0.3, -0.25) is 29.7 Å². The number of pyridine rings is 1. The first-order chi connectivity index (χ1) is 30.4. The maximum Gasteiger partial charge on any atom is 0.292 e. The molecule has 6 aromatic rings. The van der Waals surface area contributed by atoms with Gasteiger partial charge in [-0.2, -0.15) is 10.1 Å². The van der Waals surface area contributed by atoms with E-state index >= 15 is 0 Å². The summed E-state index contributed by atoms with van der Waals surface area (Å²) in [5, 5.41) is 17.9. The second kappa shape index (κ2) is 17.8. The highest BCUT2D eigenvalue weighted by molar-refractivity contribution is 6.01. The van der Waals surface area contributed by atoms with E-state index in [0.29, 0.717) is 30.9 Å². The number of piperidine rings is 2. The fraction of sp³-hybridized carbons (Fsp3) is 0.408. The number of aromatic amines is 1. The van der Waals surface area contributed by atoms with E-state index in [2.05, 4.69) is 106 Å². The Bertz CT molecular complexity index is 2600. The molecule has 6 heterocycles. The number of H-pyrrole nitrogens is 1. The van der Waals surface area contributed by atoms with Crippen molar-refractivity contribution in [2.45, 2.75) is 77.7 Å². The number of nitrogens with zero attached hydrogens (tertiary/aromatic N) is 7. The van der Waals surface area contributed by atoms with Gasteiger partial charge in [0.05, 0.1) is 11.6 Å². The number of carbonyl (C=O) groups is 3. The first-order valence-corrected chi connectivity index (χ1v) is 22.3. The Morgan fingerprint density at radius 1 is 0.841 bits per heavy atom. The molecule has 3 saturated heterocycles. The van der Waals surface area contributed by atoms with Gasteiger partial charge in [-0.25, -0.2) is 4.98 Å². The average Bonchev–Trinajstić information content (AvgIpc) is 3.98. The molecule has 14 nitrogen and oxygen atoms in total. The number of benzene rings is 3. The molecule has 0 saturated carbocycles. The van der Waals surface area contributed by atoms with Crippen molar-refractivity contribution in [1.82, 2.24) is 40.9 Å². The zero-order valence-electron chi connectivity index (χ0n) is 36.6. The molecule has 9 rings (SSSR count). The monoisotopic (exact) mass is 848 g/mol. The lowest BCUT2D eigenvalue weighted by molar-refractivity contribution is -0.134. The van der Waals surface area contributed by atoms with Crippen molar-refractivity contribution in [3.05, 3.63) is 107 Å². The summed E-state index contributed by atoms with van der Waals surface area (Å²) in [6.07, 6.45) is 6.51. The molecule has 3 amide bonds. The molecule has 0 spiro atoms. The number of amides is 3. The number of nitrogens with one attached hydrogen (secondary N) is 3. The summed E-state index contributed by atoms with van der Waals surface area (Å²) < 4.78 is 5.28. The fourth-order valence-electron chi connectivity index (χ4n) is 9.07. The van der Waals surface area contributed by atoms with Gasteiger partial charge < -0.3 is 19.6 Å². The number of imide groups is 1. The second-order valence-electron chi connectivity index (χ2n) is 18.4. The van der Waals surface area contributed by atoms with Crippen molar-refractivity contribution < 1.29 is 18.9 Å². The van der Waals surface area contributed by atoms with E-state index in [0.717, 1.165) is 96.2 Å². The summed E-state index contributed by atoms with van der Waals surface area (Å²) in [6.45, 7) is 15.7. The minimum atomic E-state index is -0.377. The molecule has 1 unspecified atom stereocenters. The van der Waals surface area contributed by atoms with Gasteiger partial charge in [-0.05, 0) is 104 Å². The highest BCUT2D eigenvalue weighted by Crippen LogP contribution is 2.33. The lowest BCUT2D eigenvalue weighted by Crippen LogP contribution is -2.47. The van der Waals surface area contributed by atoms with Crippen LogP contribution in [0.5, 0.6) is 0 Å². The highest BCUT2D eigenvalue weighted by atomic mass is 16.5. The van der Waals surface area contributed by atoms with Gasteiger partial charge in [0.15, 0.2) is 5.65 Å². The Morgan fingerprint density at radius 2 is 1.54 bits per heavy atom. The summed E-state index contributed by atoms with van der Waals surface area (Å²) in [5.41, 5.74) is 9.81. The van der Waals surface area contributed by atoms with Crippen LogP contribution >= 0.6 is 0 Å². The van der Waals surface area contributed by atoms with Crippen LogP contribution in [0.1, 0.15) is 92.0 Å². The summed E-state index contributed by atoms with van der Waals surface area (Å²) in [6, 6.07) is 25.5. The molecule has 0 aliphatic carbocycles. The quantitative estimate of drug-likeness (QED) is 0.113. The van der Waals surface area contributed by atoms with Crippen LogP contribution in [0.2, 0.25) is 0 Å². The van der Waals surface area contributed by atoms with Crippen LogP contribution in [0.4, 0.5) is 11.4 Å². The van der Waals surface area contributed by atoms with E-state index in [-0.39, 0.29) is 34.9 Å². The van der Waals surface area contributed by atoms with Crippen LogP contribution < -0.4 is 20.4 Å². The normalized spacial score (nSPS) is 17.9. The fourth-order valence-corrected chi connectivity index (χ4v) is 9.07. The number of rotatable bonds is 11. The molecule has 3 aromatic carbocycles. The molecular formula is C49H56N10O4. The Labute approximate surface area is 367 Å². The summed E-state index contributed by atoms with van der Waals surface area (Å²) >= 11 is 0. The largest absolute Gasteiger partial charge is 0.372 e. The summed E-state index contributed by atoms with van der Waals surface area (Å²) in [5.74, 6) is 0.227.